The number of nitriles is 1. The molecule has 1 unspecified atom stereocenters. The van der Waals surface area contributed by atoms with Crippen LogP contribution in [0, 0.1) is 17.1 Å². The molecule has 6 rings (SSSR count). The highest BCUT2D eigenvalue weighted by atomic mass is 19.1. The summed E-state index contributed by atoms with van der Waals surface area (Å²) in [7, 11) is 1.66. The largest absolute Gasteiger partial charge is 0.361 e. The molecule has 4 heterocycles. The molecule has 4 aromatic rings. The quantitative estimate of drug-likeness (QED) is 0.366. The Labute approximate surface area is 225 Å². The fourth-order valence-electron chi connectivity index (χ4n) is 5.68. The van der Waals surface area contributed by atoms with Gasteiger partial charge in [-0.2, -0.15) is 10.2 Å². The number of fused-ring (bicyclic) bond motifs is 1. The van der Waals surface area contributed by atoms with E-state index in [1.54, 1.807) is 19.2 Å². The van der Waals surface area contributed by atoms with Gasteiger partial charge in [0.1, 0.15) is 34.6 Å². The number of hydrogen-bond donors (Lipinski definition) is 0. The zero-order valence-corrected chi connectivity index (χ0v) is 22.2. The SMILES string of the molecule is CC[C@@H]1CN(c2nc(=O)n(C)c3ccc(C#N)nc23)[C@@H](C)CN1C(c1ccc(F)cc1)c1cc(C2CC2)on1. The second kappa shape index (κ2) is 9.89. The van der Waals surface area contributed by atoms with Crippen LogP contribution in [0.5, 0.6) is 0 Å². The minimum atomic E-state index is -0.369. The fourth-order valence-corrected chi connectivity index (χ4v) is 5.68. The molecule has 3 aromatic heterocycles. The van der Waals surface area contributed by atoms with Crippen LogP contribution in [0.2, 0.25) is 0 Å². The van der Waals surface area contributed by atoms with Gasteiger partial charge in [-0.05, 0) is 56.0 Å². The number of hydrogen-bond acceptors (Lipinski definition) is 8. The van der Waals surface area contributed by atoms with Gasteiger partial charge < -0.3 is 9.42 Å². The van der Waals surface area contributed by atoms with Crippen LogP contribution in [0.4, 0.5) is 10.2 Å². The molecule has 0 bridgehead atoms. The zero-order valence-electron chi connectivity index (χ0n) is 22.2. The van der Waals surface area contributed by atoms with Crippen LogP contribution in [0.15, 0.2) is 51.8 Å². The third-order valence-corrected chi connectivity index (χ3v) is 8.00. The molecule has 2 aliphatic rings. The van der Waals surface area contributed by atoms with E-state index >= 15 is 0 Å². The van der Waals surface area contributed by atoms with Crippen LogP contribution >= 0.6 is 0 Å². The Bertz CT molecular complexity index is 1620. The van der Waals surface area contributed by atoms with E-state index < -0.39 is 0 Å². The lowest BCUT2D eigenvalue weighted by atomic mass is 9.95. The molecule has 0 N–H and O–H groups in total. The van der Waals surface area contributed by atoms with Crippen LogP contribution in [0.3, 0.4) is 0 Å². The van der Waals surface area contributed by atoms with Gasteiger partial charge in [0, 0.05) is 44.2 Å². The van der Waals surface area contributed by atoms with E-state index in [-0.39, 0.29) is 35.3 Å². The number of halogens is 1. The van der Waals surface area contributed by atoms with E-state index in [9.17, 15) is 14.4 Å². The summed E-state index contributed by atoms with van der Waals surface area (Å²) >= 11 is 0. The number of aromatic nitrogens is 4. The van der Waals surface area contributed by atoms with Crippen molar-refractivity contribution in [2.75, 3.05) is 18.0 Å². The number of pyridine rings is 1. The lowest BCUT2D eigenvalue weighted by molar-refractivity contribution is 0.111. The molecule has 10 heteroatoms. The van der Waals surface area contributed by atoms with Crippen molar-refractivity contribution in [1.29, 1.82) is 5.26 Å². The number of anilines is 1. The van der Waals surface area contributed by atoms with E-state index in [4.69, 9.17) is 4.52 Å². The highest BCUT2D eigenvalue weighted by Gasteiger charge is 2.39. The topological polar surface area (TPSA) is 104 Å². The van der Waals surface area contributed by atoms with E-state index in [1.807, 2.05) is 12.1 Å². The molecule has 2 fully saturated rings. The first-order valence-electron chi connectivity index (χ1n) is 13.4. The molecule has 200 valence electrons. The Balaban J connectivity index is 1.40. The normalized spacial score (nSPS) is 20.7. The van der Waals surface area contributed by atoms with Crippen molar-refractivity contribution in [3.8, 4) is 6.07 Å². The summed E-state index contributed by atoms with van der Waals surface area (Å²) < 4.78 is 21.1. The molecule has 0 spiro atoms. The number of rotatable bonds is 6. The Kier molecular flexibility index (Phi) is 6.39. The zero-order chi connectivity index (χ0) is 27.3. The Morgan fingerprint density at radius 3 is 2.62 bits per heavy atom. The van der Waals surface area contributed by atoms with Gasteiger partial charge >= 0.3 is 5.69 Å². The third-order valence-electron chi connectivity index (χ3n) is 8.00. The molecule has 9 nitrogen and oxygen atoms in total. The summed E-state index contributed by atoms with van der Waals surface area (Å²) in [6.07, 6.45) is 3.05. The molecular weight excluding hydrogens is 497 g/mol. The second-order valence-corrected chi connectivity index (χ2v) is 10.6. The average Bonchev–Trinajstić information content (AvgIpc) is 3.69. The lowest BCUT2D eigenvalue weighted by Crippen LogP contribution is -2.58. The van der Waals surface area contributed by atoms with Gasteiger partial charge in [0.15, 0.2) is 5.82 Å². The molecule has 1 aliphatic heterocycles. The Morgan fingerprint density at radius 2 is 1.92 bits per heavy atom. The lowest BCUT2D eigenvalue weighted by Gasteiger charge is -2.48. The maximum absolute atomic E-state index is 13.9. The molecular formula is C29H30FN7O2. The van der Waals surface area contributed by atoms with Gasteiger partial charge in [-0.1, -0.05) is 24.2 Å². The molecule has 0 amide bonds. The van der Waals surface area contributed by atoms with Crippen molar-refractivity contribution < 1.29 is 8.91 Å². The van der Waals surface area contributed by atoms with Gasteiger partial charge in [0.2, 0.25) is 0 Å². The van der Waals surface area contributed by atoms with Crippen molar-refractivity contribution in [3.63, 3.8) is 0 Å². The minimum absolute atomic E-state index is 0.0408. The maximum Gasteiger partial charge on any atom is 0.349 e. The van der Waals surface area contributed by atoms with Crippen molar-refractivity contribution in [2.24, 2.45) is 7.05 Å². The van der Waals surface area contributed by atoms with Gasteiger partial charge in [-0.3, -0.25) is 9.47 Å². The predicted octanol–water partition coefficient (Wildman–Crippen LogP) is 4.28. The van der Waals surface area contributed by atoms with Gasteiger partial charge in [0.05, 0.1) is 11.6 Å². The van der Waals surface area contributed by atoms with Crippen molar-refractivity contribution in [1.82, 2.24) is 24.6 Å². The highest BCUT2D eigenvalue weighted by Crippen LogP contribution is 2.42. The highest BCUT2D eigenvalue weighted by molar-refractivity contribution is 5.86. The third kappa shape index (κ3) is 4.57. The van der Waals surface area contributed by atoms with Crippen LogP contribution < -0.4 is 10.6 Å². The summed E-state index contributed by atoms with van der Waals surface area (Å²) in [4.78, 5) is 26.3. The average molecular weight is 528 g/mol. The van der Waals surface area contributed by atoms with Crippen molar-refractivity contribution in [3.05, 3.63) is 81.5 Å². The molecule has 1 aromatic carbocycles. The fraction of sp³-hybridized carbons (Fsp3) is 0.414. The molecule has 0 radical (unpaired) electrons. The van der Waals surface area contributed by atoms with Crippen LogP contribution in [0.25, 0.3) is 11.0 Å². The Hall–Kier alpha value is -4.10. The molecule has 1 saturated heterocycles. The molecule has 1 saturated carbocycles. The van der Waals surface area contributed by atoms with Crippen LogP contribution in [-0.2, 0) is 7.05 Å². The number of benzene rings is 1. The number of nitrogens with zero attached hydrogens (tertiary/aromatic N) is 7. The van der Waals surface area contributed by atoms with Gasteiger partial charge in [-0.15, -0.1) is 0 Å². The smallest absolute Gasteiger partial charge is 0.349 e. The second-order valence-electron chi connectivity index (χ2n) is 10.6. The monoisotopic (exact) mass is 527 g/mol. The minimum Gasteiger partial charge on any atom is -0.361 e. The maximum atomic E-state index is 13.9. The van der Waals surface area contributed by atoms with Crippen molar-refractivity contribution in [2.45, 2.75) is 57.2 Å². The Morgan fingerprint density at radius 1 is 1.15 bits per heavy atom. The van der Waals surface area contributed by atoms with E-state index in [0.717, 1.165) is 36.3 Å². The van der Waals surface area contributed by atoms with Gasteiger partial charge in [0.25, 0.3) is 0 Å². The first-order chi connectivity index (χ1) is 18.9. The first kappa shape index (κ1) is 25.2. The first-order valence-corrected chi connectivity index (χ1v) is 13.4. The summed E-state index contributed by atoms with van der Waals surface area (Å²) in [5.41, 5.74) is 2.84. The number of piperazine rings is 1. The summed E-state index contributed by atoms with van der Waals surface area (Å²) in [5, 5.41) is 13.9. The molecule has 3 atom stereocenters. The van der Waals surface area contributed by atoms with E-state index in [2.05, 4.69) is 50.9 Å². The predicted molar refractivity (Wildman–Crippen MR) is 144 cm³/mol. The molecule has 39 heavy (non-hydrogen) atoms. The summed E-state index contributed by atoms with van der Waals surface area (Å²) in [6, 6.07) is 13.9. The van der Waals surface area contributed by atoms with Crippen LogP contribution in [-0.4, -0.2) is 49.8 Å². The van der Waals surface area contributed by atoms with Gasteiger partial charge in [-0.25, -0.2) is 14.2 Å². The van der Waals surface area contributed by atoms with E-state index in [1.165, 1.54) is 16.7 Å². The van der Waals surface area contributed by atoms with Crippen molar-refractivity contribution >= 4 is 16.9 Å². The standard InChI is InChI=1S/C29H30FN7O2/c1-4-22-16-36(28-26-24(35(3)29(38)33-28)12-11-21(14-31)32-26)17(2)15-37(22)27(19-7-9-20(30)10-8-19)23-13-25(39-34-23)18-5-6-18/h7-13,17-18,22,27H,4-6,15-16H2,1-3H3/t17-,22+,27?/m0/s1. The van der Waals surface area contributed by atoms with Crippen LogP contribution in [0.1, 0.15) is 67.8 Å². The van der Waals surface area contributed by atoms with E-state index in [0.29, 0.717) is 35.9 Å². The number of aryl methyl sites for hydroxylation is 1. The summed E-state index contributed by atoms with van der Waals surface area (Å²) in [6.45, 7) is 5.46. The molecule has 1 aliphatic carbocycles. The summed E-state index contributed by atoms with van der Waals surface area (Å²) in [5.74, 6) is 1.55.